The third-order valence-electron chi connectivity index (χ3n) is 5.70. The minimum atomic E-state index is -0.685. The normalized spacial score (nSPS) is 35.3. The number of piperidine rings is 1. The van der Waals surface area contributed by atoms with Crippen molar-refractivity contribution in [1.29, 1.82) is 0 Å². The lowest BCUT2D eigenvalue weighted by atomic mass is 9.67. The Morgan fingerprint density at radius 3 is 1.50 bits per heavy atom. The zero-order valence-electron chi connectivity index (χ0n) is 13.6. The molecule has 2 aromatic carbocycles. The van der Waals surface area contributed by atoms with Crippen molar-refractivity contribution in [2.45, 2.75) is 38.5 Å². The van der Waals surface area contributed by atoms with E-state index in [2.05, 4.69) is 67.7 Å². The van der Waals surface area contributed by atoms with Crippen LogP contribution in [0.1, 0.15) is 44.0 Å². The zero-order chi connectivity index (χ0) is 15.7. The van der Waals surface area contributed by atoms with Gasteiger partial charge in [-0.1, -0.05) is 74.5 Å². The molecular weight excluding hydrogens is 270 g/mol. The van der Waals surface area contributed by atoms with Crippen molar-refractivity contribution in [1.82, 2.24) is 0 Å². The van der Waals surface area contributed by atoms with Crippen molar-refractivity contribution in [3.63, 3.8) is 0 Å². The number of aliphatic hydroxyl groups is 1. The quantitative estimate of drug-likeness (QED) is 0.878. The van der Waals surface area contributed by atoms with Crippen LogP contribution in [-0.4, -0.2) is 10.7 Å². The second-order valence-electron chi connectivity index (χ2n) is 6.87. The molecule has 1 saturated heterocycles. The van der Waals surface area contributed by atoms with Crippen LogP contribution in [-0.2, 0) is 0 Å². The summed E-state index contributed by atoms with van der Waals surface area (Å²) in [4.78, 5) is 0. The van der Waals surface area contributed by atoms with E-state index in [1.807, 2.05) is 19.1 Å². The molecule has 2 heteroatoms. The predicted octanol–water partition coefficient (Wildman–Crippen LogP) is 3.07. The summed E-state index contributed by atoms with van der Waals surface area (Å²) in [6, 6.07) is 21.7. The molecule has 22 heavy (non-hydrogen) atoms. The van der Waals surface area contributed by atoms with Gasteiger partial charge in [-0.2, -0.15) is 0 Å². The molecular formula is C20H26NO+. The zero-order valence-corrected chi connectivity index (χ0v) is 13.6. The summed E-state index contributed by atoms with van der Waals surface area (Å²) < 4.78 is 0. The topological polar surface area (TPSA) is 36.8 Å². The maximum Gasteiger partial charge on any atom is 0.117 e. The number of quaternary nitrogens is 1. The summed E-state index contributed by atoms with van der Waals surface area (Å²) in [6.45, 7) is 6.35. The predicted molar refractivity (Wildman–Crippen MR) is 89.2 cm³/mol. The summed E-state index contributed by atoms with van der Waals surface area (Å²) in [5.74, 6) is 0.398. The Hall–Kier alpha value is -1.64. The van der Waals surface area contributed by atoms with Gasteiger partial charge in [-0.05, 0) is 6.92 Å². The van der Waals surface area contributed by atoms with Crippen LogP contribution < -0.4 is 5.32 Å². The second-order valence-corrected chi connectivity index (χ2v) is 6.87. The molecule has 0 saturated carbocycles. The highest BCUT2D eigenvalue weighted by Gasteiger charge is 2.51. The number of rotatable bonds is 2. The van der Waals surface area contributed by atoms with Crippen LogP contribution in [0.2, 0.25) is 0 Å². The minimum absolute atomic E-state index is 0.199. The second kappa shape index (κ2) is 5.86. The third-order valence-corrected chi connectivity index (χ3v) is 5.70. The first-order valence-electron chi connectivity index (χ1n) is 8.19. The highest BCUT2D eigenvalue weighted by molar-refractivity contribution is 5.23. The molecule has 5 atom stereocenters. The van der Waals surface area contributed by atoms with Crippen LogP contribution in [0.15, 0.2) is 60.7 Å². The van der Waals surface area contributed by atoms with E-state index in [9.17, 15) is 5.11 Å². The molecule has 116 valence electrons. The van der Waals surface area contributed by atoms with E-state index in [4.69, 9.17) is 0 Å². The summed E-state index contributed by atoms with van der Waals surface area (Å²) in [5.41, 5.74) is 1.90. The molecule has 2 aromatic rings. The van der Waals surface area contributed by atoms with Crippen molar-refractivity contribution < 1.29 is 10.4 Å². The third kappa shape index (κ3) is 2.57. The standard InChI is InChI=1S/C20H25NO/c1-14-18(16-10-6-4-7-11-16)21-19(15(2)20(14,3)22)17-12-8-5-9-13-17/h4-15,18-19,21-22H,1-3H3/p+1/t14-,15+,18-,19+,20?. The highest BCUT2D eigenvalue weighted by Crippen LogP contribution is 2.42. The van der Waals surface area contributed by atoms with E-state index < -0.39 is 5.60 Å². The lowest BCUT2D eigenvalue weighted by molar-refractivity contribution is -0.763. The molecule has 2 nitrogen and oxygen atoms in total. The van der Waals surface area contributed by atoms with E-state index in [-0.39, 0.29) is 23.9 Å². The molecule has 1 aliphatic heterocycles. The van der Waals surface area contributed by atoms with E-state index in [1.165, 1.54) is 11.1 Å². The number of hydrogen-bond acceptors (Lipinski definition) is 1. The average molecular weight is 296 g/mol. The molecule has 1 aliphatic rings. The summed E-state index contributed by atoms with van der Waals surface area (Å²) in [7, 11) is 0. The van der Waals surface area contributed by atoms with Gasteiger partial charge in [-0.3, -0.25) is 0 Å². The van der Waals surface area contributed by atoms with Gasteiger partial charge in [0.25, 0.3) is 0 Å². The Bertz CT molecular complexity index is 555. The van der Waals surface area contributed by atoms with Gasteiger partial charge >= 0.3 is 0 Å². The Morgan fingerprint density at radius 2 is 1.14 bits per heavy atom. The molecule has 0 aromatic heterocycles. The fourth-order valence-electron chi connectivity index (χ4n) is 3.85. The molecule has 3 N–H and O–H groups in total. The number of hydrogen-bond donors (Lipinski definition) is 2. The minimum Gasteiger partial charge on any atom is -0.389 e. The van der Waals surface area contributed by atoms with Crippen molar-refractivity contribution in [2.24, 2.45) is 11.8 Å². The molecule has 1 heterocycles. The largest absolute Gasteiger partial charge is 0.389 e. The summed E-state index contributed by atoms with van der Waals surface area (Å²) in [5, 5.41) is 13.6. The SMILES string of the molecule is C[C@@H]1[C@H](c2ccccc2)[NH2+][C@H](c2ccccc2)[C@H](C)C1(C)O. The number of benzene rings is 2. The van der Waals surface area contributed by atoms with Gasteiger partial charge < -0.3 is 10.4 Å². The summed E-state index contributed by atoms with van der Waals surface area (Å²) >= 11 is 0. The van der Waals surface area contributed by atoms with Gasteiger partial charge in [0.15, 0.2) is 0 Å². The van der Waals surface area contributed by atoms with E-state index in [1.54, 1.807) is 0 Å². The summed E-state index contributed by atoms with van der Waals surface area (Å²) in [6.07, 6.45) is 0. The molecule has 1 unspecified atom stereocenters. The average Bonchev–Trinajstić information content (AvgIpc) is 2.55. The highest BCUT2D eigenvalue weighted by atomic mass is 16.3. The monoisotopic (exact) mass is 296 g/mol. The Balaban J connectivity index is 1.99. The van der Waals surface area contributed by atoms with Crippen LogP contribution in [0.25, 0.3) is 0 Å². The van der Waals surface area contributed by atoms with Gasteiger partial charge in [-0.15, -0.1) is 0 Å². The maximum absolute atomic E-state index is 11.2. The Labute approximate surface area is 133 Å². The van der Waals surface area contributed by atoms with Gasteiger partial charge in [-0.25, -0.2) is 0 Å². The van der Waals surface area contributed by atoms with Gasteiger partial charge in [0.05, 0.1) is 5.60 Å². The van der Waals surface area contributed by atoms with Crippen molar-refractivity contribution in [3.05, 3.63) is 71.8 Å². The Kier molecular flexibility index (Phi) is 4.07. The fraction of sp³-hybridized carbons (Fsp3) is 0.400. The van der Waals surface area contributed by atoms with Gasteiger partial charge in [0.2, 0.25) is 0 Å². The molecule has 0 bridgehead atoms. The molecule has 0 amide bonds. The first-order valence-corrected chi connectivity index (χ1v) is 8.19. The molecule has 0 radical (unpaired) electrons. The Morgan fingerprint density at radius 1 is 0.773 bits per heavy atom. The molecule has 0 aliphatic carbocycles. The smallest absolute Gasteiger partial charge is 0.117 e. The van der Waals surface area contributed by atoms with Crippen molar-refractivity contribution in [2.75, 3.05) is 0 Å². The van der Waals surface area contributed by atoms with E-state index >= 15 is 0 Å². The first-order chi connectivity index (χ1) is 10.5. The maximum atomic E-state index is 11.2. The lowest BCUT2D eigenvalue weighted by Crippen LogP contribution is -2.93. The van der Waals surface area contributed by atoms with Crippen molar-refractivity contribution in [3.8, 4) is 0 Å². The first kappa shape index (κ1) is 15.3. The molecule has 1 fully saturated rings. The molecule has 0 spiro atoms. The van der Waals surface area contributed by atoms with Crippen LogP contribution in [0.5, 0.6) is 0 Å². The lowest BCUT2D eigenvalue weighted by Gasteiger charge is -2.47. The van der Waals surface area contributed by atoms with Crippen molar-refractivity contribution >= 4 is 0 Å². The van der Waals surface area contributed by atoms with Gasteiger partial charge in [0.1, 0.15) is 12.1 Å². The van der Waals surface area contributed by atoms with Crippen LogP contribution in [0.4, 0.5) is 0 Å². The fourth-order valence-corrected chi connectivity index (χ4v) is 3.85. The van der Waals surface area contributed by atoms with Crippen LogP contribution in [0.3, 0.4) is 0 Å². The van der Waals surface area contributed by atoms with Crippen LogP contribution >= 0.6 is 0 Å². The van der Waals surface area contributed by atoms with E-state index in [0.717, 1.165) is 0 Å². The van der Waals surface area contributed by atoms with Gasteiger partial charge in [0, 0.05) is 23.0 Å². The van der Waals surface area contributed by atoms with E-state index in [0.29, 0.717) is 0 Å². The number of nitrogens with two attached hydrogens (primary N) is 1. The molecule has 3 rings (SSSR count). The van der Waals surface area contributed by atoms with Crippen LogP contribution in [0, 0.1) is 11.8 Å².